The molecule has 0 aromatic heterocycles. The second-order valence-corrected chi connectivity index (χ2v) is 5.69. The molecule has 2 rings (SSSR count). The minimum atomic E-state index is -4.13. The zero-order valence-electron chi connectivity index (χ0n) is 10.1. The predicted octanol–water partition coefficient (Wildman–Crippen LogP) is 4.35. The molecule has 1 heterocycles. The predicted molar refractivity (Wildman–Crippen MR) is 70.3 cm³/mol. The molecule has 0 bridgehead atoms. The number of aryl methyl sites for hydroxylation is 1. The first-order chi connectivity index (χ1) is 8.85. The largest absolute Gasteiger partial charge is 0.389 e. The van der Waals surface area contributed by atoms with Crippen molar-refractivity contribution in [2.24, 2.45) is 0 Å². The number of rotatable bonds is 3. The summed E-state index contributed by atoms with van der Waals surface area (Å²) in [6.45, 7) is 0. The van der Waals surface area contributed by atoms with E-state index in [1.807, 2.05) is 6.07 Å². The maximum Gasteiger partial charge on any atom is 0.389 e. The fraction of sp³-hybridized carbons (Fsp3) is 0.462. The van der Waals surface area contributed by atoms with Crippen molar-refractivity contribution >= 4 is 27.5 Å². The number of benzene rings is 1. The van der Waals surface area contributed by atoms with Crippen LogP contribution in [0.5, 0.6) is 0 Å². The molecule has 1 unspecified atom stereocenters. The van der Waals surface area contributed by atoms with Gasteiger partial charge in [-0.2, -0.15) is 13.2 Å². The van der Waals surface area contributed by atoms with Crippen LogP contribution in [-0.4, -0.2) is 12.1 Å². The Hall–Kier alpha value is -1.04. The second-order valence-electron chi connectivity index (χ2n) is 4.59. The average molecular weight is 336 g/mol. The van der Waals surface area contributed by atoms with Gasteiger partial charge in [0, 0.05) is 23.4 Å². The summed E-state index contributed by atoms with van der Waals surface area (Å²) >= 11 is 3.29. The van der Waals surface area contributed by atoms with Gasteiger partial charge >= 0.3 is 6.18 Å². The number of nitrogens with one attached hydrogen (secondary N) is 1. The molecule has 1 amide bonds. The molecule has 0 fully saturated rings. The van der Waals surface area contributed by atoms with Crippen molar-refractivity contribution < 1.29 is 18.0 Å². The van der Waals surface area contributed by atoms with Gasteiger partial charge in [-0.15, -0.1) is 0 Å². The van der Waals surface area contributed by atoms with Crippen LogP contribution in [0.2, 0.25) is 0 Å². The Morgan fingerprint density at radius 2 is 2.05 bits per heavy atom. The topological polar surface area (TPSA) is 29.1 Å². The number of alkyl halides is 4. The Morgan fingerprint density at radius 1 is 1.32 bits per heavy atom. The van der Waals surface area contributed by atoms with E-state index in [2.05, 4.69) is 21.2 Å². The lowest BCUT2D eigenvalue weighted by molar-refractivity contribution is -0.135. The van der Waals surface area contributed by atoms with Gasteiger partial charge in [-0.05, 0) is 30.0 Å². The van der Waals surface area contributed by atoms with Gasteiger partial charge < -0.3 is 5.32 Å². The number of hydrogen-bond donors (Lipinski definition) is 1. The molecule has 0 aliphatic carbocycles. The number of anilines is 1. The molecule has 1 aromatic rings. The van der Waals surface area contributed by atoms with E-state index in [1.54, 1.807) is 12.1 Å². The van der Waals surface area contributed by atoms with Gasteiger partial charge in [0.25, 0.3) is 0 Å². The van der Waals surface area contributed by atoms with Gasteiger partial charge in [0.2, 0.25) is 5.91 Å². The highest BCUT2D eigenvalue weighted by Gasteiger charge is 2.28. The van der Waals surface area contributed by atoms with Crippen LogP contribution in [0.25, 0.3) is 0 Å². The molecule has 1 N–H and O–H groups in total. The van der Waals surface area contributed by atoms with E-state index in [4.69, 9.17) is 0 Å². The highest BCUT2D eigenvalue weighted by Crippen LogP contribution is 2.35. The van der Waals surface area contributed by atoms with E-state index in [0.29, 0.717) is 12.8 Å². The van der Waals surface area contributed by atoms with E-state index >= 15 is 0 Å². The van der Waals surface area contributed by atoms with Crippen molar-refractivity contribution in [3.05, 3.63) is 29.3 Å². The average Bonchev–Trinajstić information content (AvgIpc) is 2.34. The molecule has 0 saturated carbocycles. The van der Waals surface area contributed by atoms with E-state index in [-0.39, 0.29) is 17.2 Å². The first-order valence-electron chi connectivity index (χ1n) is 5.98. The van der Waals surface area contributed by atoms with Gasteiger partial charge in [0.05, 0.1) is 0 Å². The minimum absolute atomic E-state index is 0.00858. The van der Waals surface area contributed by atoms with Crippen LogP contribution in [0.1, 0.15) is 35.2 Å². The first kappa shape index (κ1) is 14.4. The third-order valence-corrected chi connectivity index (χ3v) is 4.05. The number of carbonyl (C=O) groups is 1. The monoisotopic (exact) mass is 335 g/mol. The van der Waals surface area contributed by atoms with Gasteiger partial charge in [0.1, 0.15) is 0 Å². The zero-order chi connectivity index (χ0) is 14.0. The summed E-state index contributed by atoms with van der Waals surface area (Å²) in [6.07, 6.45) is -3.88. The van der Waals surface area contributed by atoms with Gasteiger partial charge in [-0.3, -0.25) is 4.79 Å². The quantitative estimate of drug-likeness (QED) is 0.817. The van der Waals surface area contributed by atoms with Crippen LogP contribution in [0.15, 0.2) is 18.2 Å². The maximum atomic E-state index is 12.2. The smallest absolute Gasteiger partial charge is 0.326 e. The van der Waals surface area contributed by atoms with Gasteiger partial charge in [0.15, 0.2) is 0 Å². The molecule has 1 atom stereocenters. The van der Waals surface area contributed by atoms with Crippen LogP contribution < -0.4 is 5.32 Å². The molecule has 0 radical (unpaired) electrons. The Bertz CT molecular complexity index is 487. The SMILES string of the molecule is O=C1CCc2cc(C(Br)CCC(F)(F)F)ccc2N1. The van der Waals surface area contributed by atoms with E-state index in [0.717, 1.165) is 16.8 Å². The lowest BCUT2D eigenvalue weighted by atomic mass is 9.98. The molecule has 2 nitrogen and oxygen atoms in total. The molecule has 104 valence electrons. The number of amides is 1. The molecule has 0 saturated heterocycles. The lowest BCUT2D eigenvalue weighted by Gasteiger charge is -2.19. The van der Waals surface area contributed by atoms with Crippen LogP contribution >= 0.6 is 15.9 Å². The van der Waals surface area contributed by atoms with Gasteiger partial charge in [-0.1, -0.05) is 28.1 Å². The maximum absolute atomic E-state index is 12.2. The molecule has 1 aliphatic rings. The molecule has 19 heavy (non-hydrogen) atoms. The van der Waals surface area contributed by atoms with E-state index < -0.39 is 12.6 Å². The third-order valence-electron chi connectivity index (χ3n) is 3.07. The second kappa shape index (κ2) is 5.53. The van der Waals surface area contributed by atoms with Crippen LogP contribution in [0, 0.1) is 0 Å². The highest BCUT2D eigenvalue weighted by molar-refractivity contribution is 9.09. The van der Waals surface area contributed by atoms with Crippen molar-refractivity contribution in [3.63, 3.8) is 0 Å². The molecule has 1 aliphatic heterocycles. The molecule has 0 spiro atoms. The molecular formula is C13H13BrF3NO. The fourth-order valence-electron chi connectivity index (χ4n) is 2.06. The lowest BCUT2D eigenvalue weighted by Crippen LogP contribution is -2.19. The van der Waals surface area contributed by atoms with Gasteiger partial charge in [-0.25, -0.2) is 0 Å². The summed E-state index contributed by atoms with van der Waals surface area (Å²) in [5.41, 5.74) is 2.56. The van der Waals surface area contributed by atoms with E-state index in [9.17, 15) is 18.0 Å². The van der Waals surface area contributed by atoms with Crippen molar-refractivity contribution in [1.29, 1.82) is 0 Å². The third kappa shape index (κ3) is 3.96. The van der Waals surface area contributed by atoms with Crippen molar-refractivity contribution in [1.82, 2.24) is 0 Å². The van der Waals surface area contributed by atoms with E-state index in [1.165, 1.54) is 0 Å². The standard InChI is InChI=1S/C13H13BrF3NO/c14-10(5-6-13(15,16)17)8-1-3-11-9(7-8)2-4-12(19)18-11/h1,3,7,10H,2,4-6H2,(H,18,19). The Labute approximate surface area is 117 Å². The normalized spacial score (nSPS) is 16.7. The minimum Gasteiger partial charge on any atom is -0.326 e. The number of carbonyl (C=O) groups excluding carboxylic acids is 1. The summed E-state index contributed by atoms with van der Waals surface area (Å²) in [4.78, 5) is 10.9. The fourth-order valence-corrected chi connectivity index (χ4v) is 2.57. The zero-order valence-corrected chi connectivity index (χ0v) is 11.6. The molecular weight excluding hydrogens is 323 g/mol. The first-order valence-corrected chi connectivity index (χ1v) is 6.90. The summed E-state index contributed by atoms with van der Waals surface area (Å²) in [6, 6.07) is 5.37. The van der Waals surface area contributed by atoms with Crippen LogP contribution in [0.4, 0.5) is 18.9 Å². The van der Waals surface area contributed by atoms with Crippen LogP contribution in [-0.2, 0) is 11.2 Å². The number of fused-ring (bicyclic) bond motifs is 1. The highest BCUT2D eigenvalue weighted by atomic mass is 79.9. The van der Waals surface area contributed by atoms with Crippen LogP contribution in [0.3, 0.4) is 0 Å². The Morgan fingerprint density at radius 3 is 2.74 bits per heavy atom. The number of halogens is 4. The summed E-state index contributed by atoms with van der Waals surface area (Å²) in [5.74, 6) is -0.0206. The summed E-state index contributed by atoms with van der Waals surface area (Å²) in [7, 11) is 0. The number of hydrogen-bond acceptors (Lipinski definition) is 1. The summed E-state index contributed by atoms with van der Waals surface area (Å²) < 4.78 is 36.5. The molecule has 1 aromatic carbocycles. The Balaban J connectivity index is 2.07. The Kier molecular flexibility index (Phi) is 4.18. The van der Waals surface area contributed by atoms with Crippen molar-refractivity contribution in [3.8, 4) is 0 Å². The molecule has 6 heteroatoms. The van der Waals surface area contributed by atoms with Crippen molar-refractivity contribution in [2.45, 2.75) is 36.7 Å². The van der Waals surface area contributed by atoms with Crippen molar-refractivity contribution in [2.75, 3.05) is 5.32 Å². The summed E-state index contributed by atoms with van der Waals surface area (Å²) in [5, 5.41) is 2.75.